The Morgan fingerprint density at radius 1 is 1.19 bits per heavy atom. The number of likely N-dealkylation sites (tertiary alicyclic amines) is 1. The van der Waals surface area contributed by atoms with Crippen LogP contribution < -0.4 is 4.90 Å². The molecule has 0 aliphatic carbocycles. The van der Waals surface area contributed by atoms with E-state index in [0.29, 0.717) is 44.6 Å². The Kier molecular flexibility index (Phi) is 6.30. The molecule has 7 heteroatoms. The van der Waals surface area contributed by atoms with Gasteiger partial charge in [0.25, 0.3) is 0 Å². The number of carbonyl (C=O) groups is 2. The van der Waals surface area contributed by atoms with E-state index in [-0.39, 0.29) is 23.5 Å². The molecule has 1 aromatic carbocycles. The fourth-order valence-corrected chi connectivity index (χ4v) is 4.55. The molecular formula is C24H29FN4O2. The standard InChI is InChI=1S/C24H29FN4O2/c1-3-21(30)28-13-4-5-18(15-28)23-26-16(2)20-10-11-22(31)29(24(20)27-23)14-12-17-6-8-19(25)9-7-17/h6-9,18H,3-5,10-15H2,1-2H3/t18-/m0/s1. The summed E-state index contributed by atoms with van der Waals surface area (Å²) in [6.45, 7) is 5.79. The SMILES string of the molecule is CCC(=O)N1CCC[C@H](c2nc(C)c3c(n2)N(CCc2ccc(F)cc2)C(=O)CC3)C1. The van der Waals surface area contributed by atoms with Crippen molar-refractivity contribution in [1.82, 2.24) is 14.9 Å². The van der Waals surface area contributed by atoms with Gasteiger partial charge in [0.2, 0.25) is 11.8 Å². The summed E-state index contributed by atoms with van der Waals surface area (Å²) in [6, 6.07) is 6.39. The number of aromatic nitrogens is 2. The summed E-state index contributed by atoms with van der Waals surface area (Å²) in [7, 11) is 0. The highest BCUT2D eigenvalue weighted by molar-refractivity contribution is 5.95. The smallest absolute Gasteiger partial charge is 0.228 e. The van der Waals surface area contributed by atoms with Gasteiger partial charge in [-0.1, -0.05) is 19.1 Å². The van der Waals surface area contributed by atoms with Crippen LogP contribution in [0.3, 0.4) is 0 Å². The first kappa shape index (κ1) is 21.4. The molecule has 164 valence electrons. The number of halogens is 1. The molecule has 1 fully saturated rings. The highest BCUT2D eigenvalue weighted by Gasteiger charge is 2.31. The van der Waals surface area contributed by atoms with Gasteiger partial charge in [0.15, 0.2) is 0 Å². The molecule has 1 aromatic heterocycles. The summed E-state index contributed by atoms with van der Waals surface area (Å²) in [4.78, 5) is 38.3. The third kappa shape index (κ3) is 4.60. The molecule has 6 nitrogen and oxygen atoms in total. The van der Waals surface area contributed by atoms with Crippen LogP contribution in [0.5, 0.6) is 0 Å². The molecule has 0 bridgehead atoms. The average Bonchev–Trinajstić information content (AvgIpc) is 2.79. The number of rotatable bonds is 5. The minimum Gasteiger partial charge on any atom is -0.342 e. The Balaban J connectivity index is 1.59. The molecule has 0 spiro atoms. The molecule has 2 aliphatic heterocycles. The summed E-state index contributed by atoms with van der Waals surface area (Å²) in [5, 5.41) is 0. The van der Waals surface area contributed by atoms with Gasteiger partial charge in [-0.15, -0.1) is 0 Å². The van der Waals surface area contributed by atoms with Gasteiger partial charge in [-0.2, -0.15) is 0 Å². The van der Waals surface area contributed by atoms with Crippen molar-refractivity contribution in [3.63, 3.8) is 0 Å². The number of piperidine rings is 1. The monoisotopic (exact) mass is 424 g/mol. The van der Waals surface area contributed by atoms with Crippen LogP contribution in [0.2, 0.25) is 0 Å². The second kappa shape index (κ2) is 9.12. The highest BCUT2D eigenvalue weighted by atomic mass is 19.1. The van der Waals surface area contributed by atoms with Crippen LogP contribution in [0.25, 0.3) is 0 Å². The van der Waals surface area contributed by atoms with Crippen molar-refractivity contribution in [3.8, 4) is 0 Å². The number of carbonyl (C=O) groups excluding carboxylic acids is 2. The van der Waals surface area contributed by atoms with E-state index in [1.807, 2.05) is 18.7 Å². The van der Waals surface area contributed by atoms with Crippen LogP contribution in [0.15, 0.2) is 24.3 Å². The van der Waals surface area contributed by atoms with Gasteiger partial charge in [-0.3, -0.25) is 14.5 Å². The largest absolute Gasteiger partial charge is 0.342 e. The Labute approximate surface area is 182 Å². The van der Waals surface area contributed by atoms with Gasteiger partial charge in [-0.25, -0.2) is 14.4 Å². The Morgan fingerprint density at radius 2 is 1.97 bits per heavy atom. The van der Waals surface area contributed by atoms with E-state index < -0.39 is 0 Å². The van der Waals surface area contributed by atoms with Gasteiger partial charge in [0.1, 0.15) is 17.5 Å². The average molecular weight is 425 g/mol. The zero-order valence-corrected chi connectivity index (χ0v) is 18.2. The van der Waals surface area contributed by atoms with Crippen molar-refractivity contribution in [3.05, 3.63) is 52.7 Å². The van der Waals surface area contributed by atoms with E-state index in [1.165, 1.54) is 12.1 Å². The normalized spacial score (nSPS) is 18.8. The number of benzene rings is 1. The number of aryl methyl sites for hydroxylation is 1. The van der Waals surface area contributed by atoms with E-state index in [4.69, 9.17) is 9.97 Å². The number of hydrogen-bond donors (Lipinski definition) is 0. The van der Waals surface area contributed by atoms with Crippen molar-refractivity contribution in [2.45, 2.75) is 58.3 Å². The van der Waals surface area contributed by atoms with Gasteiger partial charge in [-0.05, 0) is 50.3 Å². The number of hydrogen-bond acceptors (Lipinski definition) is 4. The summed E-state index contributed by atoms with van der Waals surface area (Å²) >= 11 is 0. The molecule has 2 aromatic rings. The zero-order valence-electron chi connectivity index (χ0n) is 18.2. The number of anilines is 1. The summed E-state index contributed by atoms with van der Waals surface area (Å²) in [5.74, 6) is 1.48. The summed E-state index contributed by atoms with van der Waals surface area (Å²) in [6.07, 6.45) is 4.10. The fourth-order valence-electron chi connectivity index (χ4n) is 4.55. The van der Waals surface area contributed by atoms with Crippen LogP contribution in [0.1, 0.15) is 61.2 Å². The van der Waals surface area contributed by atoms with E-state index in [0.717, 1.165) is 42.0 Å². The number of nitrogens with zero attached hydrogens (tertiary/aromatic N) is 4. The molecule has 4 rings (SSSR count). The fraction of sp³-hybridized carbons (Fsp3) is 0.500. The van der Waals surface area contributed by atoms with Gasteiger partial charge < -0.3 is 4.90 Å². The summed E-state index contributed by atoms with van der Waals surface area (Å²) < 4.78 is 13.2. The predicted molar refractivity (Wildman–Crippen MR) is 116 cm³/mol. The molecule has 2 amide bonds. The quantitative estimate of drug-likeness (QED) is 0.736. The molecule has 31 heavy (non-hydrogen) atoms. The lowest BCUT2D eigenvalue weighted by molar-refractivity contribution is -0.132. The van der Waals surface area contributed by atoms with Crippen LogP contribution in [-0.4, -0.2) is 46.3 Å². The number of amides is 2. The maximum Gasteiger partial charge on any atom is 0.228 e. The lowest BCUT2D eigenvalue weighted by Gasteiger charge is -2.34. The molecule has 1 atom stereocenters. The van der Waals surface area contributed by atoms with Gasteiger partial charge in [0.05, 0.1) is 0 Å². The minimum atomic E-state index is -0.265. The predicted octanol–water partition coefficient (Wildman–Crippen LogP) is 3.56. The highest BCUT2D eigenvalue weighted by Crippen LogP contribution is 2.32. The van der Waals surface area contributed by atoms with E-state index in [9.17, 15) is 14.0 Å². The van der Waals surface area contributed by atoms with E-state index >= 15 is 0 Å². The van der Waals surface area contributed by atoms with Crippen LogP contribution in [-0.2, 0) is 22.4 Å². The second-order valence-electron chi connectivity index (χ2n) is 8.42. The van der Waals surface area contributed by atoms with Gasteiger partial charge in [0, 0.05) is 49.7 Å². The number of fused-ring (bicyclic) bond motifs is 1. The molecule has 2 aliphatic rings. The van der Waals surface area contributed by atoms with E-state index in [2.05, 4.69) is 0 Å². The first-order valence-electron chi connectivity index (χ1n) is 11.2. The van der Waals surface area contributed by atoms with Crippen LogP contribution in [0.4, 0.5) is 10.2 Å². The molecule has 0 saturated carbocycles. The van der Waals surface area contributed by atoms with Crippen molar-refractivity contribution in [2.24, 2.45) is 0 Å². The minimum absolute atomic E-state index is 0.0603. The van der Waals surface area contributed by atoms with Crippen molar-refractivity contribution in [1.29, 1.82) is 0 Å². The Bertz CT molecular complexity index is 976. The third-order valence-electron chi connectivity index (χ3n) is 6.33. The molecular weight excluding hydrogens is 395 g/mol. The molecule has 0 unspecified atom stereocenters. The Hall–Kier alpha value is -2.83. The maximum atomic E-state index is 13.2. The second-order valence-corrected chi connectivity index (χ2v) is 8.42. The van der Waals surface area contributed by atoms with Gasteiger partial charge >= 0.3 is 0 Å². The molecule has 1 saturated heterocycles. The molecule has 0 N–H and O–H groups in total. The third-order valence-corrected chi connectivity index (χ3v) is 6.33. The summed E-state index contributed by atoms with van der Waals surface area (Å²) in [5.41, 5.74) is 2.92. The lowest BCUT2D eigenvalue weighted by Crippen LogP contribution is -2.40. The van der Waals surface area contributed by atoms with E-state index in [1.54, 1.807) is 17.0 Å². The maximum absolute atomic E-state index is 13.2. The molecule has 3 heterocycles. The molecule has 0 radical (unpaired) electrons. The topological polar surface area (TPSA) is 66.4 Å². The van der Waals surface area contributed by atoms with Crippen LogP contribution in [0, 0.1) is 12.7 Å². The van der Waals surface area contributed by atoms with Crippen molar-refractivity contribution < 1.29 is 14.0 Å². The van der Waals surface area contributed by atoms with Crippen molar-refractivity contribution in [2.75, 3.05) is 24.5 Å². The first-order valence-corrected chi connectivity index (χ1v) is 11.2. The lowest BCUT2D eigenvalue weighted by atomic mass is 9.95. The van der Waals surface area contributed by atoms with Crippen molar-refractivity contribution >= 4 is 17.6 Å². The zero-order chi connectivity index (χ0) is 22.0. The Morgan fingerprint density at radius 3 is 2.71 bits per heavy atom. The first-order chi connectivity index (χ1) is 15.0. The van der Waals surface area contributed by atoms with Crippen LogP contribution >= 0.6 is 0 Å².